The second-order valence-electron chi connectivity index (χ2n) is 11.9. The first kappa shape index (κ1) is 40.8. The molecule has 2 N–H and O–H groups in total. The van der Waals surface area contributed by atoms with Gasteiger partial charge in [-0.15, -0.1) is 0 Å². The summed E-state index contributed by atoms with van der Waals surface area (Å²) in [4.78, 5) is 40.1. The van der Waals surface area contributed by atoms with Gasteiger partial charge in [0.15, 0.2) is 0 Å². The van der Waals surface area contributed by atoms with Crippen LogP contribution in [0, 0.1) is 0 Å². The SMILES string of the molecule is CCCOCCOCCOCCCC(=O)CN1CCN(c2ccc(Nc3cc(N(C)C(=O)Nc4c(Cl)c(OC)cc(OC)c4Cl)ncn3)cc2)CC1. The molecule has 0 atom stereocenters. The van der Waals surface area contributed by atoms with E-state index in [9.17, 15) is 9.59 Å². The van der Waals surface area contributed by atoms with Gasteiger partial charge in [-0.25, -0.2) is 14.8 Å². The quantitative estimate of drug-likeness (QED) is 0.121. The third-order valence-corrected chi connectivity index (χ3v) is 8.97. The first-order valence-electron chi connectivity index (χ1n) is 17.3. The summed E-state index contributed by atoms with van der Waals surface area (Å²) < 4.78 is 27.0. The largest absolute Gasteiger partial charge is 0.495 e. The lowest BCUT2D eigenvalue weighted by atomic mass is 10.2. The predicted octanol–water partition coefficient (Wildman–Crippen LogP) is 6.14. The van der Waals surface area contributed by atoms with Gasteiger partial charge in [0.2, 0.25) is 0 Å². The van der Waals surface area contributed by atoms with E-state index < -0.39 is 6.03 Å². The van der Waals surface area contributed by atoms with E-state index in [1.54, 1.807) is 13.1 Å². The molecule has 4 rings (SSSR count). The lowest BCUT2D eigenvalue weighted by Gasteiger charge is -2.35. The number of hydrogen-bond acceptors (Lipinski definition) is 12. The minimum absolute atomic E-state index is 0.135. The van der Waals surface area contributed by atoms with Crippen LogP contribution in [0.4, 0.5) is 33.5 Å². The Kier molecular flexibility index (Phi) is 16.9. The topological polar surface area (TPSA) is 140 Å². The maximum absolute atomic E-state index is 13.2. The van der Waals surface area contributed by atoms with Gasteiger partial charge in [-0.2, -0.15) is 0 Å². The fourth-order valence-corrected chi connectivity index (χ4v) is 5.94. The number of aromatic nitrogens is 2. The second-order valence-corrected chi connectivity index (χ2v) is 12.7. The van der Waals surface area contributed by atoms with Gasteiger partial charge in [-0.05, 0) is 37.1 Å². The van der Waals surface area contributed by atoms with Crippen LogP contribution in [0.25, 0.3) is 0 Å². The summed E-state index contributed by atoms with van der Waals surface area (Å²) in [6, 6.07) is 10.7. The Hall–Kier alpha value is -3.92. The van der Waals surface area contributed by atoms with E-state index in [4.69, 9.17) is 46.9 Å². The summed E-state index contributed by atoms with van der Waals surface area (Å²) in [6.07, 6.45) is 3.60. The zero-order chi connectivity index (χ0) is 37.3. The first-order chi connectivity index (χ1) is 25.2. The van der Waals surface area contributed by atoms with Gasteiger partial charge in [0.05, 0.1) is 52.9 Å². The van der Waals surface area contributed by atoms with Crippen LogP contribution in [-0.4, -0.2) is 120 Å². The van der Waals surface area contributed by atoms with Crippen molar-refractivity contribution in [3.8, 4) is 11.5 Å². The highest BCUT2D eigenvalue weighted by atomic mass is 35.5. The molecule has 1 aliphatic heterocycles. The molecule has 14 nitrogen and oxygen atoms in total. The monoisotopic (exact) mass is 761 g/mol. The van der Waals surface area contributed by atoms with E-state index in [1.807, 2.05) is 24.3 Å². The van der Waals surface area contributed by atoms with Gasteiger partial charge in [-0.3, -0.25) is 14.6 Å². The predicted molar refractivity (Wildman–Crippen MR) is 204 cm³/mol. The molecule has 2 amide bonds. The molecule has 0 bridgehead atoms. The Bertz CT molecular complexity index is 1550. The number of urea groups is 1. The van der Waals surface area contributed by atoms with Crippen molar-refractivity contribution < 1.29 is 33.3 Å². The highest BCUT2D eigenvalue weighted by molar-refractivity contribution is 6.41. The average molecular weight is 763 g/mol. The van der Waals surface area contributed by atoms with Gasteiger partial charge >= 0.3 is 6.03 Å². The Morgan fingerprint density at radius 2 is 1.46 bits per heavy atom. The molecule has 0 radical (unpaired) electrons. The third-order valence-electron chi connectivity index (χ3n) is 8.22. The standard InChI is InChI=1S/C36H49Cl2N7O7/c1-5-16-50-18-20-52-21-19-51-17-6-7-28(46)24-44-12-14-45(15-13-44)27-10-8-26(9-11-27)41-31-23-32(40-25-39-31)43(2)36(47)42-35-33(37)29(48-3)22-30(49-4)34(35)38/h8-11,22-23,25H,5-7,12-21,24H2,1-4H3,(H,42,47)(H,39,40,41). The molecule has 1 fully saturated rings. The molecule has 2 heterocycles. The minimum Gasteiger partial charge on any atom is -0.495 e. The lowest BCUT2D eigenvalue weighted by molar-refractivity contribution is -0.120. The number of anilines is 5. The van der Waals surface area contributed by atoms with Crippen molar-refractivity contribution in [2.24, 2.45) is 0 Å². The number of piperazine rings is 1. The van der Waals surface area contributed by atoms with Crippen LogP contribution >= 0.6 is 23.2 Å². The van der Waals surface area contributed by atoms with Crippen molar-refractivity contribution in [3.63, 3.8) is 0 Å². The number of benzene rings is 2. The van der Waals surface area contributed by atoms with E-state index in [2.05, 4.69) is 37.3 Å². The molecule has 1 aromatic heterocycles. The molecule has 0 unspecified atom stereocenters. The van der Waals surface area contributed by atoms with Crippen molar-refractivity contribution in [1.29, 1.82) is 0 Å². The fourth-order valence-electron chi connectivity index (χ4n) is 5.34. The summed E-state index contributed by atoms with van der Waals surface area (Å²) >= 11 is 12.8. The number of methoxy groups -OCH3 is 2. The normalized spacial score (nSPS) is 13.2. The molecule has 3 aromatic rings. The summed E-state index contributed by atoms with van der Waals surface area (Å²) in [5.41, 5.74) is 2.07. The Balaban J connectivity index is 1.18. The van der Waals surface area contributed by atoms with E-state index in [-0.39, 0.29) is 21.5 Å². The third kappa shape index (κ3) is 12.3. The van der Waals surface area contributed by atoms with Crippen molar-refractivity contribution >= 4 is 63.7 Å². The molecule has 0 aliphatic carbocycles. The molecule has 0 spiro atoms. The van der Waals surface area contributed by atoms with Crippen LogP contribution in [0.15, 0.2) is 42.7 Å². The van der Waals surface area contributed by atoms with Crippen LogP contribution in [0.5, 0.6) is 11.5 Å². The highest BCUT2D eigenvalue weighted by Gasteiger charge is 2.22. The fraction of sp³-hybridized carbons (Fsp3) is 0.500. The number of nitrogens with one attached hydrogen (secondary N) is 2. The Morgan fingerprint density at radius 1 is 0.846 bits per heavy atom. The number of carbonyl (C=O) groups is 2. The Morgan fingerprint density at radius 3 is 2.08 bits per heavy atom. The lowest BCUT2D eigenvalue weighted by Crippen LogP contribution is -2.48. The van der Waals surface area contributed by atoms with E-state index in [0.29, 0.717) is 75.6 Å². The number of carbonyl (C=O) groups excluding carboxylic acids is 2. The maximum atomic E-state index is 13.2. The van der Waals surface area contributed by atoms with Gasteiger partial charge in [-0.1, -0.05) is 30.1 Å². The summed E-state index contributed by atoms with van der Waals surface area (Å²) in [5.74, 6) is 1.67. The summed E-state index contributed by atoms with van der Waals surface area (Å²) in [5, 5.41) is 6.25. The summed E-state index contributed by atoms with van der Waals surface area (Å²) in [7, 11) is 4.47. The van der Waals surface area contributed by atoms with Crippen LogP contribution in [0.2, 0.25) is 10.0 Å². The van der Waals surface area contributed by atoms with Crippen LogP contribution < -0.4 is 29.9 Å². The smallest absolute Gasteiger partial charge is 0.327 e. The van der Waals surface area contributed by atoms with Crippen molar-refractivity contribution in [3.05, 3.63) is 52.8 Å². The Labute approximate surface area is 315 Å². The van der Waals surface area contributed by atoms with Crippen LogP contribution in [0.1, 0.15) is 26.2 Å². The van der Waals surface area contributed by atoms with E-state index >= 15 is 0 Å². The molecule has 284 valence electrons. The number of Topliss-reactive ketones (excluding diaryl/α,β-unsaturated/α-hetero) is 1. The van der Waals surface area contributed by atoms with Gasteiger partial charge in [0.25, 0.3) is 0 Å². The molecule has 1 aliphatic rings. The second kappa shape index (κ2) is 21.6. The molecule has 16 heteroatoms. The molecular weight excluding hydrogens is 713 g/mol. The van der Waals surface area contributed by atoms with Crippen molar-refractivity contribution in [2.45, 2.75) is 26.2 Å². The number of ketones is 1. The molecule has 2 aromatic carbocycles. The minimum atomic E-state index is -0.538. The molecule has 52 heavy (non-hydrogen) atoms. The zero-order valence-electron chi connectivity index (χ0n) is 30.3. The number of hydrogen-bond donors (Lipinski definition) is 2. The molecular formula is C36H49Cl2N7O7. The molecule has 0 saturated carbocycles. The van der Waals surface area contributed by atoms with E-state index in [0.717, 1.165) is 50.6 Å². The van der Waals surface area contributed by atoms with Gasteiger partial charge in [0, 0.05) is 76.4 Å². The number of amides is 2. The summed E-state index contributed by atoms with van der Waals surface area (Å²) in [6.45, 7) is 9.38. The average Bonchev–Trinajstić information content (AvgIpc) is 3.16. The van der Waals surface area contributed by atoms with Crippen LogP contribution in [-0.2, 0) is 19.0 Å². The highest BCUT2D eigenvalue weighted by Crippen LogP contribution is 2.44. The number of ether oxygens (including phenoxy) is 5. The molecule has 1 saturated heterocycles. The zero-order valence-corrected chi connectivity index (χ0v) is 31.8. The first-order valence-corrected chi connectivity index (χ1v) is 18.1. The number of rotatable bonds is 21. The van der Waals surface area contributed by atoms with Gasteiger partial charge < -0.3 is 39.2 Å². The van der Waals surface area contributed by atoms with Crippen molar-refractivity contribution in [2.75, 3.05) is 114 Å². The maximum Gasteiger partial charge on any atom is 0.327 e. The number of halogens is 2. The number of nitrogens with zero attached hydrogens (tertiary/aromatic N) is 5. The van der Waals surface area contributed by atoms with E-state index in [1.165, 1.54) is 31.5 Å². The van der Waals surface area contributed by atoms with Gasteiger partial charge in [0.1, 0.15) is 45.3 Å². The van der Waals surface area contributed by atoms with Crippen molar-refractivity contribution in [1.82, 2.24) is 14.9 Å². The van der Waals surface area contributed by atoms with Crippen LogP contribution in [0.3, 0.4) is 0 Å².